The number of anilines is 1. The Hall–Kier alpha value is -1.26. The Bertz CT molecular complexity index is 562. The van der Waals surface area contributed by atoms with Gasteiger partial charge in [0.25, 0.3) is 0 Å². The summed E-state index contributed by atoms with van der Waals surface area (Å²) in [6.45, 7) is 2.02. The highest BCUT2D eigenvalue weighted by Gasteiger charge is 2.42. The number of rotatable bonds is 4. The van der Waals surface area contributed by atoms with E-state index in [9.17, 15) is 14.7 Å². The lowest BCUT2D eigenvalue weighted by Crippen LogP contribution is -2.29. The first-order chi connectivity index (χ1) is 9.92. The molecule has 1 saturated carbocycles. The molecular weight excluding hydrogens is 313 g/mol. The molecule has 1 fully saturated rings. The van der Waals surface area contributed by atoms with E-state index in [1.54, 1.807) is 18.2 Å². The number of nitrogens with one attached hydrogen (secondary N) is 1. The molecule has 1 unspecified atom stereocenters. The zero-order valence-corrected chi connectivity index (χ0v) is 13.1. The molecule has 0 aliphatic heterocycles. The molecule has 3 atom stereocenters. The van der Waals surface area contributed by atoms with Crippen molar-refractivity contribution in [2.75, 3.05) is 5.32 Å². The van der Waals surface area contributed by atoms with Gasteiger partial charge in [0.1, 0.15) is 0 Å². The third-order valence-corrected chi connectivity index (χ3v) is 4.82. The van der Waals surface area contributed by atoms with Gasteiger partial charge < -0.3 is 10.4 Å². The molecule has 1 aromatic rings. The van der Waals surface area contributed by atoms with Gasteiger partial charge >= 0.3 is 5.97 Å². The molecule has 1 aliphatic carbocycles. The van der Waals surface area contributed by atoms with Crippen LogP contribution in [0.4, 0.5) is 5.69 Å². The van der Waals surface area contributed by atoms with Gasteiger partial charge in [-0.25, -0.2) is 0 Å². The number of carboxylic acids is 1. The van der Waals surface area contributed by atoms with Crippen molar-refractivity contribution in [1.82, 2.24) is 0 Å². The highest BCUT2D eigenvalue weighted by Crippen LogP contribution is 2.39. The Labute approximate surface area is 133 Å². The summed E-state index contributed by atoms with van der Waals surface area (Å²) in [6, 6.07) is 4.80. The van der Waals surface area contributed by atoms with E-state index in [4.69, 9.17) is 23.2 Å². The zero-order chi connectivity index (χ0) is 15.6. The molecule has 0 aromatic heterocycles. The van der Waals surface area contributed by atoms with Crippen molar-refractivity contribution in [1.29, 1.82) is 0 Å². The van der Waals surface area contributed by atoms with Gasteiger partial charge in [-0.1, -0.05) is 36.5 Å². The Morgan fingerprint density at radius 1 is 1.24 bits per heavy atom. The number of carboxylic acid groups (broad SMARTS) is 1. The summed E-state index contributed by atoms with van der Waals surface area (Å²) in [5, 5.41) is 12.8. The summed E-state index contributed by atoms with van der Waals surface area (Å²) in [5.41, 5.74) is 0.526. The van der Waals surface area contributed by atoms with Crippen LogP contribution in [-0.4, -0.2) is 17.0 Å². The zero-order valence-electron chi connectivity index (χ0n) is 11.6. The van der Waals surface area contributed by atoms with E-state index < -0.39 is 17.8 Å². The minimum atomic E-state index is -0.903. The van der Waals surface area contributed by atoms with Crippen molar-refractivity contribution in [2.24, 2.45) is 17.8 Å². The number of carbonyl (C=O) groups excluding carboxylic acids is 1. The first-order valence-corrected chi connectivity index (χ1v) is 7.66. The molecule has 1 amide bonds. The summed E-state index contributed by atoms with van der Waals surface area (Å²) >= 11 is 11.7. The van der Waals surface area contributed by atoms with Crippen LogP contribution in [0, 0.1) is 17.8 Å². The Kier molecular flexibility index (Phi) is 5.12. The lowest BCUT2D eigenvalue weighted by atomic mass is 9.95. The molecule has 2 N–H and O–H groups in total. The van der Waals surface area contributed by atoms with Crippen LogP contribution in [-0.2, 0) is 9.59 Å². The third kappa shape index (κ3) is 3.69. The average Bonchev–Trinajstić information content (AvgIpc) is 2.87. The summed E-state index contributed by atoms with van der Waals surface area (Å²) in [7, 11) is 0. The number of aliphatic carboxylic acids is 1. The molecule has 0 saturated heterocycles. The molecule has 0 spiro atoms. The number of amides is 1. The van der Waals surface area contributed by atoms with Crippen LogP contribution in [0.5, 0.6) is 0 Å². The van der Waals surface area contributed by atoms with Gasteiger partial charge in [0.05, 0.1) is 21.9 Å². The monoisotopic (exact) mass is 329 g/mol. The Morgan fingerprint density at radius 3 is 2.48 bits per heavy atom. The van der Waals surface area contributed by atoms with Gasteiger partial charge in [-0.3, -0.25) is 9.59 Å². The van der Waals surface area contributed by atoms with E-state index in [1.165, 1.54) is 0 Å². The summed E-state index contributed by atoms with van der Waals surface area (Å²) < 4.78 is 0. The predicted octanol–water partition coefficient (Wildman–Crippen LogP) is 4.07. The van der Waals surface area contributed by atoms with E-state index in [1.807, 2.05) is 6.92 Å². The standard InChI is InChI=1S/C15H17Cl2NO3/c1-2-8-5-10(11(6-8)15(20)21)14(19)18-9-3-4-12(16)13(17)7-9/h3-4,7-8,10-11H,2,5-6H2,1H3,(H,18,19)(H,20,21)/t8?,10-,11+/m0/s1. The summed E-state index contributed by atoms with van der Waals surface area (Å²) in [6.07, 6.45) is 2.06. The maximum absolute atomic E-state index is 12.3. The smallest absolute Gasteiger partial charge is 0.307 e. The van der Waals surface area contributed by atoms with Crippen LogP contribution >= 0.6 is 23.2 Å². The first-order valence-electron chi connectivity index (χ1n) is 6.91. The molecule has 1 aromatic carbocycles. The second-order valence-electron chi connectivity index (χ2n) is 5.42. The highest BCUT2D eigenvalue weighted by molar-refractivity contribution is 6.42. The minimum absolute atomic E-state index is 0.267. The van der Waals surface area contributed by atoms with Crippen LogP contribution in [0.25, 0.3) is 0 Å². The first kappa shape index (κ1) is 16.1. The second-order valence-corrected chi connectivity index (χ2v) is 6.23. The van der Waals surface area contributed by atoms with Crippen molar-refractivity contribution in [3.63, 3.8) is 0 Å². The fourth-order valence-corrected chi connectivity index (χ4v) is 3.15. The largest absolute Gasteiger partial charge is 0.481 e. The fraction of sp³-hybridized carbons (Fsp3) is 0.467. The van der Waals surface area contributed by atoms with Crippen LogP contribution in [0.2, 0.25) is 10.0 Å². The summed E-state index contributed by atoms with van der Waals surface area (Å²) in [4.78, 5) is 23.6. The van der Waals surface area contributed by atoms with E-state index in [2.05, 4.69) is 5.32 Å². The molecule has 1 aliphatic rings. The molecule has 0 heterocycles. The topological polar surface area (TPSA) is 66.4 Å². The average molecular weight is 330 g/mol. The van der Waals surface area contributed by atoms with Crippen molar-refractivity contribution in [3.8, 4) is 0 Å². The van der Waals surface area contributed by atoms with E-state index >= 15 is 0 Å². The Morgan fingerprint density at radius 2 is 1.90 bits per heavy atom. The van der Waals surface area contributed by atoms with Gasteiger partial charge in [-0.15, -0.1) is 0 Å². The minimum Gasteiger partial charge on any atom is -0.481 e. The number of hydrogen-bond acceptors (Lipinski definition) is 2. The number of hydrogen-bond donors (Lipinski definition) is 2. The quantitative estimate of drug-likeness (QED) is 0.874. The Balaban J connectivity index is 2.11. The van der Waals surface area contributed by atoms with E-state index in [0.717, 1.165) is 6.42 Å². The highest BCUT2D eigenvalue weighted by atomic mass is 35.5. The van der Waals surface area contributed by atoms with Gasteiger partial charge in [0.15, 0.2) is 0 Å². The van der Waals surface area contributed by atoms with Crippen LogP contribution in [0.15, 0.2) is 18.2 Å². The number of halogens is 2. The lowest BCUT2D eigenvalue weighted by molar-refractivity contribution is -0.145. The van der Waals surface area contributed by atoms with E-state index in [-0.39, 0.29) is 11.8 Å². The van der Waals surface area contributed by atoms with Crippen molar-refractivity contribution < 1.29 is 14.7 Å². The van der Waals surface area contributed by atoms with Crippen LogP contribution in [0.3, 0.4) is 0 Å². The molecule has 2 rings (SSSR count). The van der Waals surface area contributed by atoms with Crippen LogP contribution in [0.1, 0.15) is 26.2 Å². The fourth-order valence-electron chi connectivity index (χ4n) is 2.85. The van der Waals surface area contributed by atoms with Crippen molar-refractivity contribution >= 4 is 40.8 Å². The molecular formula is C15H17Cl2NO3. The maximum Gasteiger partial charge on any atom is 0.307 e. The van der Waals surface area contributed by atoms with Gasteiger partial charge in [0.2, 0.25) is 5.91 Å². The van der Waals surface area contributed by atoms with Crippen molar-refractivity contribution in [2.45, 2.75) is 26.2 Å². The third-order valence-electron chi connectivity index (χ3n) is 4.08. The predicted molar refractivity (Wildman–Crippen MR) is 82.7 cm³/mol. The molecule has 21 heavy (non-hydrogen) atoms. The number of carbonyl (C=O) groups is 2. The summed E-state index contributed by atoms with van der Waals surface area (Å²) in [5.74, 6) is -1.99. The van der Waals surface area contributed by atoms with Crippen LogP contribution < -0.4 is 5.32 Å². The normalized spacial score (nSPS) is 24.8. The molecule has 6 heteroatoms. The number of benzene rings is 1. The molecule has 0 bridgehead atoms. The molecule has 4 nitrogen and oxygen atoms in total. The molecule has 0 radical (unpaired) electrons. The van der Waals surface area contributed by atoms with Gasteiger partial charge in [0, 0.05) is 5.69 Å². The van der Waals surface area contributed by atoms with Gasteiger partial charge in [-0.2, -0.15) is 0 Å². The SMILES string of the molecule is CCC1C[C@H](C(=O)Nc2ccc(Cl)c(Cl)c2)[C@H](C(=O)O)C1. The van der Waals surface area contributed by atoms with Gasteiger partial charge in [-0.05, 0) is 37.0 Å². The lowest BCUT2D eigenvalue weighted by Gasteiger charge is -2.15. The maximum atomic E-state index is 12.3. The van der Waals surface area contributed by atoms with Crippen molar-refractivity contribution in [3.05, 3.63) is 28.2 Å². The van der Waals surface area contributed by atoms with E-state index in [0.29, 0.717) is 28.6 Å². The second kappa shape index (κ2) is 6.67. The molecule has 114 valence electrons.